The van der Waals surface area contributed by atoms with Crippen molar-refractivity contribution in [1.29, 1.82) is 0 Å². The number of anilines is 1. The second kappa shape index (κ2) is 9.12. The Balaban J connectivity index is 1.56. The standard InChI is InChI=1S/C21H25N5O2/c1-15(2)7-12-26-13-8-16-17(4-3-5-19(16)26)25-20(27)6-9-24-21(28)18-14-22-10-11-23-18/h3-5,8,10-11,13-15H,6-7,9,12H2,1-2H3,(H,24,28)(H,25,27). The first-order valence-corrected chi connectivity index (χ1v) is 9.46. The van der Waals surface area contributed by atoms with Gasteiger partial charge in [0.05, 0.1) is 17.4 Å². The van der Waals surface area contributed by atoms with Crippen LogP contribution in [0, 0.1) is 5.92 Å². The molecule has 2 aromatic heterocycles. The van der Waals surface area contributed by atoms with Crippen molar-refractivity contribution in [2.75, 3.05) is 11.9 Å². The number of aryl methyl sites for hydroxylation is 1. The van der Waals surface area contributed by atoms with E-state index >= 15 is 0 Å². The first-order chi connectivity index (χ1) is 13.5. The zero-order chi connectivity index (χ0) is 19.9. The monoisotopic (exact) mass is 379 g/mol. The lowest BCUT2D eigenvalue weighted by Gasteiger charge is -2.10. The minimum Gasteiger partial charge on any atom is -0.350 e. The van der Waals surface area contributed by atoms with Gasteiger partial charge >= 0.3 is 0 Å². The molecule has 0 aliphatic heterocycles. The maximum absolute atomic E-state index is 12.3. The summed E-state index contributed by atoms with van der Waals surface area (Å²) in [4.78, 5) is 32.0. The molecule has 7 heteroatoms. The van der Waals surface area contributed by atoms with Crippen LogP contribution in [-0.2, 0) is 11.3 Å². The number of fused-ring (bicyclic) bond motifs is 1. The average molecular weight is 379 g/mol. The van der Waals surface area contributed by atoms with Gasteiger partial charge in [-0.15, -0.1) is 0 Å². The molecule has 0 aliphatic carbocycles. The normalized spacial score (nSPS) is 11.0. The minimum atomic E-state index is -0.342. The number of nitrogens with zero attached hydrogens (tertiary/aromatic N) is 3. The summed E-state index contributed by atoms with van der Waals surface area (Å²) in [7, 11) is 0. The number of nitrogens with one attached hydrogen (secondary N) is 2. The highest BCUT2D eigenvalue weighted by molar-refractivity contribution is 6.01. The van der Waals surface area contributed by atoms with Gasteiger partial charge in [-0.25, -0.2) is 4.98 Å². The van der Waals surface area contributed by atoms with Crippen molar-refractivity contribution < 1.29 is 9.59 Å². The van der Waals surface area contributed by atoms with Crippen LogP contribution >= 0.6 is 0 Å². The number of carbonyl (C=O) groups excluding carboxylic acids is 2. The van der Waals surface area contributed by atoms with Gasteiger partial charge in [0.2, 0.25) is 5.91 Å². The Labute approximate surface area is 164 Å². The summed E-state index contributed by atoms with van der Waals surface area (Å²) < 4.78 is 2.21. The first-order valence-electron chi connectivity index (χ1n) is 9.46. The summed E-state index contributed by atoms with van der Waals surface area (Å²) in [5, 5.41) is 6.64. The molecule has 0 fully saturated rings. The van der Waals surface area contributed by atoms with Gasteiger partial charge in [-0.05, 0) is 30.5 Å². The molecule has 0 spiro atoms. The SMILES string of the molecule is CC(C)CCn1ccc2c(NC(=O)CCNC(=O)c3cnccn3)cccc21. The van der Waals surface area contributed by atoms with Crippen molar-refractivity contribution in [2.24, 2.45) is 5.92 Å². The van der Waals surface area contributed by atoms with Crippen LogP contribution in [0.3, 0.4) is 0 Å². The van der Waals surface area contributed by atoms with Gasteiger partial charge in [-0.3, -0.25) is 14.6 Å². The molecule has 3 aromatic rings. The van der Waals surface area contributed by atoms with Crippen molar-refractivity contribution >= 4 is 28.4 Å². The van der Waals surface area contributed by atoms with Crippen molar-refractivity contribution in [1.82, 2.24) is 19.9 Å². The van der Waals surface area contributed by atoms with Crippen LogP contribution in [0.25, 0.3) is 10.9 Å². The third-order valence-corrected chi connectivity index (χ3v) is 4.47. The van der Waals surface area contributed by atoms with Crippen molar-refractivity contribution in [3.05, 3.63) is 54.7 Å². The van der Waals surface area contributed by atoms with Crippen LogP contribution in [0.15, 0.2) is 49.1 Å². The predicted molar refractivity (Wildman–Crippen MR) is 109 cm³/mol. The van der Waals surface area contributed by atoms with Crippen LogP contribution < -0.4 is 10.6 Å². The summed E-state index contributed by atoms with van der Waals surface area (Å²) in [6.45, 7) is 5.60. The highest BCUT2D eigenvalue weighted by Crippen LogP contribution is 2.25. The summed E-state index contributed by atoms with van der Waals surface area (Å²) in [6, 6.07) is 7.93. The summed E-state index contributed by atoms with van der Waals surface area (Å²) in [5.74, 6) is 0.143. The van der Waals surface area contributed by atoms with E-state index in [1.54, 1.807) is 0 Å². The third-order valence-electron chi connectivity index (χ3n) is 4.47. The fraction of sp³-hybridized carbons (Fsp3) is 0.333. The average Bonchev–Trinajstić information content (AvgIpc) is 3.11. The predicted octanol–water partition coefficient (Wildman–Crippen LogP) is 3.24. The molecule has 0 saturated heterocycles. The van der Waals surface area contributed by atoms with E-state index in [9.17, 15) is 9.59 Å². The van der Waals surface area contributed by atoms with Gasteiger partial charge in [0.1, 0.15) is 5.69 Å². The van der Waals surface area contributed by atoms with Crippen LogP contribution in [0.5, 0.6) is 0 Å². The maximum Gasteiger partial charge on any atom is 0.271 e. The lowest BCUT2D eigenvalue weighted by atomic mass is 10.1. The number of hydrogen-bond donors (Lipinski definition) is 2. The fourth-order valence-corrected chi connectivity index (χ4v) is 2.93. The number of hydrogen-bond acceptors (Lipinski definition) is 4. The van der Waals surface area contributed by atoms with Gasteiger partial charge in [-0.2, -0.15) is 0 Å². The quantitative estimate of drug-likeness (QED) is 0.629. The van der Waals surface area contributed by atoms with E-state index in [0.717, 1.165) is 29.6 Å². The summed E-state index contributed by atoms with van der Waals surface area (Å²) >= 11 is 0. The Hall–Kier alpha value is -3.22. The zero-order valence-electron chi connectivity index (χ0n) is 16.2. The van der Waals surface area contributed by atoms with Crippen LogP contribution in [-0.4, -0.2) is 32.9 Å². The van der Waals surface area contributed by atoms with E-state index < -0.39 is 0 Å². The Morgan fingerprint density at radius 2 is 2.04 bits per heavy atom. The van der Waals surface area contributed by atoms with E-state index in [0.29, 0.717) is 5.92 Å². The molecule has 0 atom stereocenters. The van der Waals surface area contributed by atoms with Gasteiger partial charge in [0.15, 0.2) is 0 Å². The number of benzene rings is 1. The molecule has 2 amide bonds. The largest absolute Gasteiger partial charge is 0.350 e. The van der Waals surface area contributed by atoms with E-state index in [1.807, 2.05) is 18.2 Å². The molecular formula is C21H25N5O2. The summed E-state index contributed by atoms with van der Waals surface area (Å²) in [6.07, 6.45) is 7.68. The second-order valence-electron chi connectivity index (χ2n) is 7.07. The Morgan fingerprint density at radius 1 is 1.18 bits per heavy atom. The van der Waals surface area contributed by atoms with Gasteiger partial charge in [0, 0.05) is 43.5 Å². The maximum atomic E-state index is 12.3. The minimum absolute atomic E-state index is 0.151. The second-order valence-corrected chi connectivity index (χ2v) is 7.07. The van der Waals surface area contributed by atoms with Gasteiger partial charge in [-0.1, -0.05) is 19.9 Å². The van der Waals surface area contributed by atoms with Crippen molar-refractivity contribution in [3.63, 3.8) is 0 Å². The third kappa shape index (κ3) is 4.94. The molecule has 0 saturated carbocycles. The van der Waals surface area contributed by atoms with E-state index in [-0.39, 0.29) is 30.5 Å². The highest BCUT2D eigenvalue weighted by Gasteiger charge is 2.11. The molecule has 2 N–H and O–H groups in total. The van der Waals surface area contributed by atoms with Crippen molar-refractivity contribution in [3.8, 4) is 0 Å². The summed E-state index contributed by atoms with van der Waals surface area (Å²) in [5.41, 5.74) is 2.12. The lowest BCUT2D eigenvalue weighted by molar-refractivity contribution is -0.116. The lowest BCUT2D eigenvalue weighted by Crippen LogP contribution is -2.28. The highest BCUT2D eigenvalue weighted by atomic mass is 16.2. The molecule has 1 aromatic carbocycles. The number of amides is 2. The molecular weight excluding hydrogens is 354 g/mol. The molecule has 2 heterocycles. The Morgan fingerprint density at radius 3 is 2.79 bits per heavy atom. The molecule has 0 unspecified atom stereocenters. The van der Waals surface area contributed by atoms with Crippen LogP contribution in [0.2, 0.25) is 0 Å². The van der Waals surface area contributed by atoms with Crippen LogP contribution in [0.4, 0.5) is 5.69 Å². The van der Waals surface area contributed by atoms with Crippen LogP contribution in [0.1, 0.15) is 37.2 Å². The van der Waals surface area contributed by atoms with E-state index in [4.69, 9.17) is 0 Å². The number of aromatic nitrogens is 3. The first kappa shape index (κ1) is 19.5. The smallest absolute Gasteiger partial charge is 0.271 e. The number of carbonyl (C=O) groups is 2. The molecule has 7 nitrogen and oxygen atoms in total. The molecule has 146 valence electrons. The van der Waals surface area contributed by atoms with Gasteiger partial charge in [0.25, 0.3) is 5.91 Å². The topological polar surface area (TPSA) is 88.9 Å². The Kier molecular flexibility index (Phi) is 6.37. The number of rotatable bonds is 8. The zero-order valence-corrected chi connectivity index (χ0v) is 16.2. The molecule has 0 radical (unpaired) electrons. The Bertz CT molecular complexity index is 950. The molecule has 28 heavy (non-hydrogen) atoms. The fourth-order valence-electron chi connectivity index (χ4n) is 2.93. The van der Waals surface area contributed by atoms with Gasteiger partial charge < -0.3 is 15.2 Å². The van der Waals surface area contributed by atoms with Crippen molar-refractivity contribution in [2.45, 2.75) is 33.2 Å². The van der Waals surface area contributed by atoms with E-state index in [1.165, 1.54) is 18.6 Å². The molecule has 3 rings (SSSR count). The molecule has 0 aliphatic rings. The van der Waals surface area contributed by atoms with E-state index in [2.05, 4.69) is 51.3 Å². The molecule has 0 bridgehead atoms.